The summed E-state index contributed by atoms with van der Waals surface area (Å²) < 4.78 is 6.63. The second-order valence-electron chi connectivity index (χ2n) is 11.2. The third-order valence-electron chi connectivity index (χ3n) is 8.23. The van der Waals surface area contributed by atoms with Gasteiger partial charge in [-0.15, -0.1) is 0 Å². The van der Waals surface area contributed by atoms with Gasteiger partial charge in [-0.2, -0.15) is 5.26 Å². The van der Waals surface area contributed by atoms with E-state index in [9.17, 15) is 5.26 Å². The average molecular weight is 510 g/mol. The summed E-state index contributed by atoms with van der Waals surface area (Å²) in [6.07, 6.45) is 17.0. The fourth-order valence-electron chi connectivity index (χ4n) is 5.58. The monoisotopic (exact) mass is 509 g/mol. The van der Waals surface area contributed by atoms with Crippen LogP contribution in [-0.4, -0.2) is 10.7 Å². The quantitative estimate of drug-likeness (QED) is 0.320. The van der Waals surface area contributed by atoms with E-state index in [0.29, 0.717) is 17.2 Å². The average Bonchev–Trinajstić information content (AvgIpc) is 3.10. The standard InChI is InChI=1S/C34H43N3O/c1-5-24(3)18-28-14-17-33(36-23-28)32-16-13-27(22-35)19-34(32)38-31-20-29(6-2)25(4)37-30(21-31)15-12-26-10-8-7-9-11-26/h13-14,16-17,19,21,23-24,26H,5-12,15,18,20H2,1-4H3. The van der Waals surface area contributed by atoms with Crippen LogP contribution in [0.15, 0.2) is 64.6 Å². The summed E-state index contributed by atoms with van der Waals surface area (Å²) in [6, 6.07) is 12.2. The van der Waals surface area contributed by atoms with E-state index < -0.39 is 0 Å². The molecule has 1 atom stereocenters. The molecule has 1 unspecified atom stereocenters. The van der Waals surface area contributed by atoms with E-state index in [0.717, 1.165) is 66.4 Å². The van der Waals surface area contributed by atoms with Gasteiger partial charge in [0.15, 0.2) is 0 Å². The number of hydrogen-bond acceptors (Lipinski definition) is 4. The molecule has 200 valence electrons. The molecule has 0 N–H and O–H groups in total. The van der Waals surface area contributed by atoms with Crippen molar-refractivity contribution in [1.29, 1.82) is 5.26 Å². The molecule has 1 fully saturated rings. The molecule has 2 aromatic rings. The summed E-state index contributed by atoms with van der Waals surface area (Å²) in [7, 11) is 0. The van der Waals surface area contributed by atoms with Crippen molar-refractivity contribution in [3.63, 3.8) is 0 Å². The van der Waals surface area contributed by atoms with Crippen LogP contribution in [0.5, 0.6) is 5.75 Å². The van der Waals surface area contributed by atoms with Crippen molar-refractivity contribution in [2.24, 2.45) is 16.8 Å². The van der Waals surface area contributed by atoms with Crippen LogP contribution in [0.2, 0.25) is 0 Å². The molecule has 0 radical (unpaired) electrons. The Kier molecular flexibility index (Phi) is 9.93. The Morgan fingerprint density at radius 2 is 1.92 bits per heavy atom. The van der Waals surface area contributed by atoms with Crippen molar-refractivity contribution >= 4 is 5.71 Å². The van der Waals surface area contributed by atoms with Crippen molar-refractivity contribution in [2.45, 2.75) is 98.3 Å². The zero-order valence-corrected chi connectivity index (χ0v) is 23.7. The van der Waals surface area contributed by atoms with E-state index >= 15 is 0 Å². The molecular formula is C34H43N3O. The number of hydrogen-bond donors (Lipinski definition) is 0. The van der Waals surface area contributed by atoms with Gasteiger partial charge in [0.1, 0.15) is 11.5 Å². The van der Waals surface area contributed by atoms with Gasteiger partial charge in [0.2, 0.25) is 0 Å². The molecule has 2 aliphatic rings. The molecule has 1 aliphatic heterocycles. The molecule has 2 heterocycles. The fraction of sp³-hybridized carbons (Fsp3) is 0.500. The Hall–Kier alpha value is -3.19. The summed E-state index contributed by atoms with van der Waals surface area (Å²) in [5, 5.41) is 9.61. The van der Waals surface area contributed by atoms with Crippen molar-refractivity contribution in [2.75, 3.05) is 0 Å². The lowest BCUT2D eigenvalue weighted by Gasteiger charge is -2.21. The predicted octanol–water partition coefficient (Wildman–Crippen LogP) is 9.36. The normalized spacial score (nSPS) is 17.3. The summed E-state index contributed by atoms with van der Waals surface area (Å²) in [5.41, 5.74) is 7.12. The maximum atomic E-state index is 9.61. The lowest BCUT2D eigenvalue weighted by atomic mass is 9.85. The fourth-order valence-corrected chi connectivity index (χ4v) is 5.58. The number of nitrogens with zero attached hydrogens (tertiary/aromatic N) is 3. The molecule has 4 heteroatoms. The van der Waals surface area contributed by atoms with E-state index in [-0.39, 0.29) is 0 Å². The third-order valence-corrected chi connectivity index (χ3v) is 8.23. The number of aromatic nitrogens is 1. The number of ether oxygens (including phenoxy) is 1. The van der Waals surface area contributed by atoms with Crippen LogP contribution in [0.4, 0.5) is 0 Å². The van der Waals surface area contributed by atoms with Crippen LogP contribution in [0, 0.1) is 23.2 Å². The number of allylic oxidation sites excluding steroid dienone is 3. The van der Waals surface area contributed by atoms with Crippen molar-refractivity contribution < 1.29 is 4.74 Å². The number of pyridine rings is 1. The molecule has 1 saturated carbocycles. The van der Waals surface area contributed by atoms with Crippen LogP contribution in [-0.2, 0) is 6.42 Å². The molecule has 38 heavy (non-hydrogen) atoms. The summed E-state index contributed by atoms with van der Waals surface area (Å²) in [6.45, 7) is 8.81. The minimum absolute atomic E-state index is 0.583. The topological polar surface area (TPSA) is 58.3 Å². The van der Waals surface area contributed by atoms with Crippen molar-refractivity contribution in [3.05, 3.63) is 70.8 Å². The molecule has 4 rings (SSSR count). The summed E-state index contributed by atoms with van der Waals surface area (Å²) in [5.74, 6) is 3.03. The number of nitriles is 1. The molecule has 0 spiro atoms. The second-order valence-corrected chi connectivity index (χ2v) is 11.2. The van der Waals surface area contributed by atoms with E-state index in [4.69, 9.17) is 14.7 Å². The molecule has 0 bridgehead atoms. The van der Waals surface area contributed by atoms with Gasteiger partial charge in [0, 0.05) is 29.6 Å². The third kappa shape index (κ3) is 7.44. The highest BCUT2D eigenvalue weighted by Gasteiger charge is 2.19. The Bertz CT molecular complexity index is 1220. The van der Waals surface area contributed by atoms with Crippen LogP contribution < -0.4 is 4.74 Å². The number of aliphatic imine (C=N–C) groups is 1. The van der Waals surface area contributed by atoms with Gasteiger partial charge >= 0.3 is 0 Å². The van der Waals surface area contributed by atoms with Gasteiger partial charge in [-0.25, -0.2) is 0 Å². The predicted molar refractivity (Wildman–Crippen MR) is 157 cm³/mol. The minimum atomic E-state index is 0.583. The van der Waals surface area contributed by atoms with E-state index in [1.54, 1.807) is 0 Å². The van der Waals surface area contributed by atoms with Crippen molar-refractivity contribution in [1.82, 2.24) is 4.98 Å². The van der Waals surface area contributed by atoms with E-state index in [2.05, 4.69) is 52.0 Å². The van der Waals surface area contributed by atoms with E-state index in [1.807, 2.05) is 24.4 Å². The number of rotatable bonds is 10. The molecule has 0 amide bonds. The number of benzene rings is 1. The molecule has 1 aromatic heterocycles. The summed E-state index contributed by atoms with van der Waals surface area (Å²) in [4.78, 5) is 9.82. The second kappa shape index (κ2) is 13.6. The lowest BCUT2D eigenvalue weighted by molar-refractivity contribution is 0.343. The minimum Gasteiger partial charge on any atom is -0.461 e. The van der Waals surface area contributed by atoms with Crippen LogP contribution in [0.1, 0.15) is 103 Å². The maximum Gasteiger partial charge on any atom is 0.137 e. The van der Waals surface area contributed by atoms with Crippen LogP contribution in [0.25, 0.3) is 11.3 Å². The lowest BCUT2D eigenvalue weighted by Crippen LogP contribution is -2.09. The molecule has 0 saturated heterocycles. The Morgan fingerprint density at radius 3 is 2.61 bits per heavy atom. The summed E-state index contributed by atoms with van der Waals surface area (Å²) >= 11 is 0. The van der Waals surface area contributed by atoms with Gasteiger partial charge in [-0.05, 0) is 85.9 Å². The highest BCUT2D eigenvalue weighted by atomic mass is 16.5. The Morgan fingerprint density at radius 1 is 1.11 bits per heavy atom. The van der Waals surface area contributed by atoms with Crippen LogP contribution in [0.3, 0.4) is 0 Å². The van der Waals surface area contributed by atoms with Crippen LogP contribution >= 0.6 is 0 Å². The van der Waals surface area contributed by atoms with Gasteiger partial charge in [-0.1, -0.05) is 65.4 Å². The maximum absolute atomic E-state index is 9.61. The Balaban J connectivity index is 1.60. The zero-order valence-electron chi connectivity index (χ0n) is 23.7. The zero-order chi connectivity index (χ0) is 26.9. The molecule has 1 aromatic carbocycles. The van der Waals surface area contributed by atoms with Crippen molar-refractivity contribution in [3.8, 4) is 23.1 Å². The first-order valence-corrected chi connectivity index (χ1v) is 14.6. The largest absolute Gasteiger partial charge is 0.461 e. The highest BCUT2D eigenvalue weighted by molar-refractivity contribution is 5.96. The molecular weight excluding hydrogens is 466 g/mol. The van der Waals surface area contributed by atoms with Gasteiger partial charge in [0.25, 0.3) is 0 Å². The SMILES string of the molecule is CCC1=C(C)N=C(CCC2CCCCC2)C=C(Oc2cc(C#N)ccc2-c2ccc(CC(C)CC)cn2)C1. The molecule has 1 aliphatic carbocycles. The van der Waals surface area contributed by atoms with Gasteiger partial charge in [0.05, 0.1) is 17.3 Å². The van der Waals surface area contributed by atoms with Gasteiger partial charge in [-0.3, -0.25) is 9.98 Å². The first-order valence-electron chi connectivity index (χ1n) is 14.6. The smallest absolute Gasteiger partial charge is 0.137 e. The Labute approximate surface area is 229 Å². The first kappa shape index (κ1) is 27.8. The molecule has 4 nitrogen and oxygen atoms in total. The van der Waals surface area contributed by atoms with Gasteiger partial charge < -0.3 is 4.74 Å². The highest BCUT2D eigenvalue weighted by Crippen LogP contribution is 2.34. The first-order chi connectivity index (χ1) is 18.5. The van der Waals surface area contributed by atoms with E-state index in [1.165, 1.54) is 49.7 Å².